The number of ether oxygens (including phenoxy) is 4. The van der Waals surface area contributed by atoms with Gasteiger partial charge in [0.05, 0.1) is 49.6 Å². The van der Waals surface area contributed by atoms with E-state index >= 15 is 0 Å². The van der Waals surface area contributed by atoms with E-state index in [-0.39, 0.29) is 40.3 Å². The highest BCUT2D eigenvalue weighted by molar-refractivity contribution is 6.46. The summed E-state index contributed by atoms with van der Waals surface area (Å²) in [5.41, 5.74) is 0.785. The second kappa shape index (κ2) is 9.95. The van der Waals surface area contributed by atoms with Crippen LogP contribution in [0.5, 0.6) is 17.2 Å². The number of carbonyl (C=O) groups is 2. The molecule has 0 spiro atoms. The van der Waals surface area contributed by atoms with Crippen LogP contribution in [0, 0.1) is 0 Å². The van der Waals surface area contributed by atoms with Crippen molar-refractivity contribution < 1.29 is 33.6 Å². The van der Waals surface area contributed by atoms with E-state index in [0.717, 1.165) is 12.8 Å². The summed E-state index contributed by atoms with van der Waals surface area (Å²) in [5.74, 6) is -0.640. The van der Waals surface area contributed by atoms with Crippen LogP contribution in [0.2, 0.25) is 5.02 Å². The maximum absolute atomic E-state index is 13.2. The predicted octanol–water partition coefficient (Wildman–Crippen LogP) is 3.97. The highest BCUT2D eigenvalue weighted by Gasteiger charge is 2.47. The van der Waals surface area contributed by atoms with E-state index in [1.54, 1.807) is 31.4 Å². The van der Waals surface area contributed by atoms with Crippen LogP contribution in [0.3, 0.4) is 0 Å². The molecule has 1 N–H and O–H groups in total. The second-order valence-corrected chi connectivity index (χ2v) is 8.45. The Bertz CT molecular complexity index is 1120. The number of rotatable bonds is 7. The molecule has 0 aromatic heterocycles. The molecule has 180 valence electrons. The van der Waals surface area contributed by atoms with E-state index in [9.17, 15) is 14.7 Å². The third kappa shape index (κ3) is 4.31. The molecule has 1 amide bonds. The van der Waals surface area contributed by atoms with E-state index in [1.165, 1.54) is 31.3 Å². The molecule has 2 aromatic carbocycles. The average molecular weight is 488 g/mol. The molecule has 2 heterocycles. The van der Waals surface area contributed by atoms with Gasteiger partial charge in [-0.3, -0.25) is 9.59 Å². The van der Waals surface area contributed by atoms with Gasteiger partial charge in [0.1, 0.15) is 23.0 Å². The van der Waals surface area contributed by atoms with Gasteiger partial charge in [0, 0.05) is 19.2 Å². The van der Waals surface area contributed by atoms with Crippen LogP contribution in [0.15, 0.2) is 42.0 Å². The summed E-state index contributed by atoms with van der Waals surface area (Å²) >= 11 is 6.30. The van der Waals surface area contributed by atoms with Crippen LogP contribution in [0.4, 0.5) is 0 Å². The van der Waals surface area contributed by atoms with Crippen LogP contribution in [-0.2, 0) is 14.3 Å². The first-order chi connectivity index (χ1) is 16.4. The number of amides is 1. The fourth-order valence-electron chi connectivity index (χ4n) is 4.40. The maximum Gasteiger partial charge on any atom is 0.295 e. The monoisotopic (exact) mass is 487 g/mol. The van der Waals surface area contributed by atoms with E-state index in [4.69, 9.17) is 30.5 Å². The quantitative estimate of drug-likeness (QED) is 0.359. The van der Waals surface area contributed by atoms with Crippen molar-refractivity contribution in [3.8, 4) is 17.2 Å². The Morgan fingerprint density at radius 1 is 1.09 bits per heavy atom. The standard InChI is InChI=1S/C25H26ClNO7/c1-31-15-8-6-14(7-9-15)22-21(24(29)25(30)27(22)13-16-5-4-10-34-16)23(28)17-11-18(26)20(33-3)12-19(17)32-2/h6-9,11-12,16,22,28H,4-5,10,13H2,1-3H3/b23-21+. The lowest BCUT2D eigenvalue weighted by Gasteiger charge is -2.27. The zero-order valence-corrected chi connectivity index (χ0v) is 19.9. The van der Waals surface area contributed by atoms with E-state index in [0.29, 0.717) is 23.7 Å². The molecular formula is C25H26ClNO7. The smallest absolute Gasteiger partial charge is 0.295 e. The van der Waals surface area contributed by atoms with Crippen LogP contribution in [0.25, 0.3) is 5.76 Å². The summed E-state index contributed by atoms with van der Waals surface area (Å²) < 4.78 is 21.6. The normalized spacial score (nSPS) is 21.7. The van der Waals surface area contributed by atoms with Crippen LogP contribution >= 0.6 is 11.6 Å². The zero-order chi connectivity index (χ0) is 24.4. The summed E-state index contributed by atoms with van der Waals surface area (Å²) in [7, 11) is 4.44. The number of aliphatic hydroxyl groups excluding tert-OH is 1. The van der Waals surface area contributed by atoms with Crippen LogP contribution < -0.4 is 14.2 Å². The summed E-state index contributed by atoms with van der Waals surface area (Å²) in [6, 6.07) is 9.17. The van der Waals surface area contributed by atoms with Crippen molar-refractivity contribution in [1.82, 2.24) is 4.90 Å². The Hall–Kier alpha value is -3.23. The lowest BCUT2D eigenvalue weighted by atomic mass is 9.94. The van der Waals surface area contributed by atoms with Crippen molar-refractivity contribution in [2.45, 2.75) is 25.0 Å². The number of methoxy groups -OCH3 is 3. The molecule has 0 radical (unpaired) electrons. The highest BCUT2D eigenvalue weighted by atomic mass is 35.5. The first-order valence-corrected chi connectivity index (χ1v) is 11.2. The van der Waals surface area contributed by atoms with Crippen molar-refractivity contribution in [3.63, 3.8) is 0 Å². The number of likely N-dealkylation sites (tertiary alicyclic amines) is 1. The van der Waals surface area contributed by atoms with Gasteiger partial charge in [0.2, 0.25) is 0 Å². The fourth-order valence-corrected chi connectivity index (χ4v) is 4.64. The third-order valence-electron chi connectivity index (χ3n) is 6.12. The minimum absolute atomic E-state index is 0.0484. The Morgan fingerprint density at radius 2 is 1.79 bits per heavy atom. The van der Waals surface area contributed by atoms with Crippen LogP contribution in [-0.4, -0.2) is 62.3 Å². The van der Waals surface area contributed by atoms with Gasteiger partial charge in [-0.05, 0) is 36.6 Å². The maximum atomic E-state index is 13.2. The molecule has 2 aliphatic heterocycles. The van der Waals surface area contributed by atoms with E-state index < -0.39 is 17.7 Å². The van der Waals surface area contributed by atoms with Gasteiger partial charge >= 0.3 is 0 Å². The average Bonchev–Trinajstić information content (AvgIpc) is 3.46. The fraction of sp³-hybridized carbons (Fsp3) is 0.360. The number of carbonyl (C=O) groups excluding carboxylic acids is 2. The lowest BCUT2D eigenvalue weighted by molar-refractivity contribution is -0.140. The number of hydrogen-bond acceptors (Lipinski definition) is 7. The molecule has 2 atom stereocenters. The number of Topliss-reactive ketones (excluding diaryl/α,β-unsaturated/α-hetero) is 1. The van der Waals surface area contributed by atoms with Gasteiger partial charge in [0.25, 0.3) is 11.7 Å². The number of halogens is 1. The first kappa shape index (κ1) is 23.9. The Balaban J connectivity index is 1.87. The largest absolute Gasteiger partial charge is 0.507 e. The van der Waals surface area contributed by atoms with Crippen molar-refractivity contribution in [2.24, 2.45) is 0 Å². The third-order valence-corrected chi connectivity index (χ3v) is 6.42. The predicted molar refractivity (Wildman–Crippen MR) is 126 cm³/mol. The number of hydrogen-bond donors (Lipinski definition) is 1. The van der Waals surface area contributed by atoms with E-state index in [2.05, 4.69) is 0 Å². The van der Waals surface area contributed by atoms with Crippen molar-refractivity contribution in [1.29, 1.82) is 0 Å². The van der Waals surface area contributed by atoms with Crippen molar-refractivity contribution in [3.05, 3.63) is 58.1 Å². The number of aliphatic hydroxyl groups is 1. The van der Waals surface area contributed by atoms with Crippen LogP contribution in [0.1, 0.15) is 30.0 Å². The van der Waals surface area contributed by atoms with Crippen molar-refractivity contribution in [2.75, 3.05) is 34.5 Å². The molecule has 8 nitrogen and oxygen atoms in total. The molecule has 9 heteroatoms. The summed E-state index contributed by atoms with van der Waals surface area (Å²) in [4.78, 5) is 27.8. The van der Waals surface area contributed by atoms with Gasteiger partial charge in [0.15, 0.2) is 0 Å². The summed E-state index contributed by atoms with van der Waals surface area (Å²) in [6.45, 7) is 0.849. The minimum Gasteiger partial charge on any atom is -0.507 e. The van der Waals surface area contributed by atoms with Crippen molar-refractivity contribution >= 4 is 29.1 Å². The van der Waals surface area contributed by atoms with Gasteiger partial charge in [-0.2, -0.15) is 0 Å². The lowest BCUT2D eigenvalue weighted by Crippen LogP contribution is -2.36. The SMILES string of the molecule is COc1ccc(C2/C(=C(\O)c3cc(Cl)c(OC)cc3OC)C(=O)C(=O)N2CC2CCCO2)cc1. The Kier molecular flexibility index (Phi) is 7.00. The first-order valence-electron chi connectivity index (χ1n) is 10.9. The number of nitrogens with zero attached hydrogens (tertiary/aromatic N) is 1. The molecule has 2 aromatic rings. The molecule has 2 saturated heterocycles. The van der Waals surface area contributed by atoms with Gasteiger partial charge in [-0.1, -0.05) is 23.7 Å². The van der Waals surface area contributed by atoms with E-state index in [1.807, 2.05) is 0 Å². The molecule has 0 aliphatic carbocycles. The summed E-state index contributed by atoms with van der Waals surface area (Å²) in [5, 5.41) is 11.6. The molecular weight excluding hydrogens is 462 g/mol. The number of benzene rings is 2. The molecule has 2 fully saturated rings. The molecule has 2 aliphatic rings. The van der Waals surface area contributed by atoms with Gasteiger partial charge in [-0.15, -0.1) is 0 Å². The minimum atomic E-state index is -0.819. The molecule has 2 unspecified atom stereocenters. The Morgan fingerprint density at radius 3 is 2.38 bits per heavy atom. The second-order valence-electron chi connectivity index (χ2n) is 8.05. The molecule has 0 bridgehead atoms. The summed E-state index contributed by atoms with van der Waals surface area (Å²) in [6.07, 6.45) is 1.51. The molecule has 34 heavy (non-hydrogen) atoms. The van der Waals surface area contributed by atoms with Gasteiger partial charge in [-0.25, -0.2) is 0 Å². The zero-order valence-electron chi connectivity index (χ0n) is 19.2. The highest BCUT2D eigenvalue weighted by Crippen LogP contribution is 2.43. The molecule has 4 rings (SSSR count). The molecule has 0 saturated carbocycles. The van der Waals surface area contributed by atoms with Gasteiger partial charge < -0.3 is 29.0 Å². The topological polar surface area (TPSA) is 94.5 Å². The Labute approximate surface area is 202 Å². The number of ketones is 1.